The predicted octanol–water partition coefficient (Wildman–Crippen LogP) is 6.66. The maximum absolute atomic E-state index is 13.9. The number of alkyl halides is 3. The van der Waals surface area contributed by atoms with Crippen LogP contribution >= 0.6 is 0 Å². The van der Waals surface area contributed by atoms with Crippen molar-refractivity contribution < 1.29 is 22.7 Å². The van der Waals surface area contributed by atoms with Crippen LogP contribution in [-0.2, 0) is 17.5 Å². The molecule has 6 rings (SSSR count). The molecule has 0 spiro atoms. The Bertz CT molecular complexity index is 1470. The van der Waals surface area contributed by atoms with Gasteiger partial charge >= 0.3 is 6.18 Å². The van der Waals surface area contributed by atoms with Crippen molar-refractivity contribution in [3.8, 4) is 28.3 Å². The van der Waals surface area contributed by atoms with Gasteiger partial charge in [0.05, 0.1) is 18.2 Å². The number of fused-ring (bicyclic) bond motifs is 1. The second kappa shape index (κ2) is 9.49. The van der Waals surface area contributed by atoms with Gasteiger partial charge in [0.15, 0.2) is 0 Å². The van der Waals surface area contributed by atoms with Crippen molar-refractivity contribution in [3.63, 3.8) is 0 Å². The van der Waals surface area contributed by atoms with Crippen molar-refractivity contribution in [2.45, 2.75) is 32.0 Å². The van der Waals surface area contributed by atoms with E-state index < -0.39 is 11.7 Å². The SMILES string of the molecule is COc1ccc(-c2ccc(-c3nc4c(C(F)(F)F)cccc4n3C[C@H]3CCN(C(=O)C4CC4)C3)cc2)cc1. The number of benzene rings is 3. The lowest BCUT2D eigenvalue weighted by Gasteiger charge is -2.18. The number of para-hydroxylation sites is 1. The summed E-state index contributed by atoms with van der Waals surface area (Å²) in [5, 5.41) is 0. The molecule has 0 unspecified atom stereocenters. The van der Waals surface area contributed by atoms with E-state index in [1.807, 2.05) is 58.0 Å². The molecule has 2 aliphatic rings. The average molecular weight is 520 g/mol. The van der Waals surface area contributed by atoms with Crippen LogP contribution in [0.1, 0.15) is 24.8 Å². The van der Waals surface area contributed by atoms with Gasteiger partial charge in [0.25, 0.3) is 0 Å². The number of likely N-dealkylation sites (tertiary alicyclic amines) is 1. The molecular formula is C30H28F3N3O2. The van der Waals surface area contributed by atoms with Crippen molar-refractivity contribution in [3.05, 3.63) is 72.3 Å². The molecule has 2 fully saturated rings. The number of hydrogen-bond acceptors (Lipinski definition) is 3. The molecule has 1 aromatic heterocycles. The summed E-state index contributed by atoms with van der Waals surface area (Å²) in [5.41, 5.74) is 2.42. The number of rotatable bonds is 6. The third kappa shape index (κ3) is 4.64. The first kappa shape index (κ1) is 24.5. The van der Waals surface area contributed by atoms with Crippen LogP contribution in [0.5, 0.6) is 5.75 Å². The monoisotopic (exact) mass is 519 g/mol. The fraction of sp³-hybridized carbons (Fsp3) is 0.333. The lowest BCUT2D eigenvalue weighted by molar-refractivity contribution is -0.136. The molecule has 8 heteroatoms. The van der Waals surface area contributed by atoms with Crippen molar-refractivity contribution in [1.82, 2.24) is 14.5 Å². The highest BCUT2D eigenvalue weighted by atomic mass is 19.4. The molecule has 0 bridgehead atoms. The largest absolute Gasteiger partial charge is 0.497 e. The van der Waals surface area contributed by atoms with E-state index in [-0.39, 0.29) is 23.3 Å². The molecule has 1 saturated heterocycles. The summed E-state index contributed by atoms with van der Waals surface area (Å²) in [7, 11) is 1.62. The van der Waals surface area contributed by atoms with Crippen molar-refractivity contribution in [2.24, 2.45) is 11.8 Å². The molecule has 0 radical (unpaired) electrons. The summed E-state index contributed by atoms with van der Waals surface area (Å²) in [5.74, 6) is 1.81. The topological polar surface area (TPSA) is 47.4 Å². The second-order valence-electron chi connectivity index (χ2n) is 10.2. The van der Waals surface area contributed by atoms with Crippen LogP contribution in [0.2, 0.25) is 0 Å². The number of imidazole rings is 1. The number of halogens is 3. The fourth-order valence-corrected chi connectivity index (χ4v) is 5.40. The molecule has 1 aliphatic heterocycles. The van der Waals surface area contributed by atoms with Gasteiger partial charge in [-0.15, -0.1) is 0 Å². The molecule has 1 aliphatic carbocycles. The summed E-state index contributed by atoms with van der Waals surface area (Å²) < 4.78 is 48.8. The summed E-state index contributed by atoms with van der Waals surface area (Å²) in [4.78, 5) is 19.0. The molecule has 0 N–H and O–H groups in total. The highest BCUT2D eigenvalue weighted by molar-refractivity contribution is 5.84. The van der Waals surface area contributed by atoms with Crippen LogP contribution in [0.3, 0.4) is 0 Å². The van der Waals surface area contributed by atoms with Gasteiger partial charge in [-0.25, -0.2) is 4.98 Å². The van der Waals surface area contributed by atoms with E-state index in [2.05, 4.69) is 4.98 Å². The standard InChI is InChI=1S/C30H28F3N3O2/c1-38-24-13-11-21(12-14-24)20-5-7-22(8-6-20)28-34-27-25(30(31,32)33)3-2-4-26(27)36(28)18-19-15-16-35(17-19)29(37)23-9-10-23/h2-8,11-14,19,23H,9-10,15-18H2,1H3/t19-/m0/s1. The fourth-order valence-electron chi connectivity index (χ4n) is 5.40. The minimum Gasteiger partial charge on any atom is -0.497 e. The van der Waals surface area contributed by atoms with Crippen molar-refractivity contribution in [2.75, 3.05) is 20.2 Å². The summed E-state index contributed by atoms with van der Waals surface area (Å²) in [6, 6.07) is 19.7. The minimum atomic E-state index is -4.50. The molecule has 3 aromatic carbocycles. The van der Waals surface area contributed by atoms with Gasteiger partial charge in [0.1, 0.15) is 17.1 Å². The molecule has 1 amide bonds. The van der Waals surface area contributed by atoms with E-state index in [0.29, 0.717) is 31.0 Å². The second-order valence-corrected chi connectivity index (χ2v) is 10.2. The van der Waals surface area contributed by atoms with Crippen LogP contribution in [-0.4, -0.2) is 40.6 Å². The maximum Gasteiger partial charge on any atom is 0.418 e. The van der Waals surface area contributed by atoms with E-state index in [1.165, 1.54) is 6.07 Å². The Balaban J connectivity index is 1.36. The number of amides is 1. The summed E-state index contributed by atoms with van der Waals surface area (Å²) in [6.07, 6.45) is -1.76. The number of aromatic nitrogens is 2. The zero-order valence-corrected chi connectivity index (χ0v) is 21.0. The first-order valence-electron chi connectivity index (χ1n) is 12.9. The van der Waals surface area contributed by atoms with Gasteiger partial charge in [0.2, 0.25) is 5.91 Å². The average Bonchev–Trinajstić information content (AvgIpc) is 3.57. The number of methoxy groups -OCH3 is 1. The van der Waals surface area contributed by atoms with Gasteiger partial charge < -0.3 is 14.2 Å². The van der Waals surface area contributed by atoms with Gasteiger partial charge in [-0.1, -0.05) is 42.5 Å². The van der Waals surface area contributed by atoms with Crippen LogP contribution in [0, 0.1) is 11.8 Å². The molecule has 38 heavy (non-hydrogen) atoms. The number of ether oxygens (including phenoxy) is 1. The lowest BCUT2D eigenvalue weighted by atomic mass is 10.0. The van der Waals surface area contributed by atoms with E-state index in [4.69, 9.17) is 4.74 Å². The van der Waals surface area contributed by atoms with Crippen molar-refractivity contribution in [1.29, 1.82) is 0 Å². The zero-order valence-electron chi connectivity index (χ0n) is 21.0. The Morgan fingerprint density at radius 3 is 2.24 bits per heavy atom. The Kier molecular flexibility index (Phi) is 6.13. The third-order valence-electron chi connectivity index (χ3n) is 7.62. The normalized spacial score (nSPS) is 17.8. The highest BCUT2D eigenvalue weighted by Crippen LogP contribution is 2.38. The first-order valence-corrected chi connectivity index (χ1v) is 12.9. The predicted molar refractivity (Wildman–Crippen MR) is 140 cm³/mol. The number of nitrogens with zero attached hydrogens (tertiary/aromatic N) is 3. The maximum atomic E-state index is 13.9. The van der Waals surface area contributed by atoms with Crippen LogP contribution in [0.25, 0.3) is 33.5 Å². The first-order chi connectivity index (χ1) is 18.3. The molecule has 4 aromatic rings. The van der Waals surface area contributed by atoms with E-state index in [0.717, 1.165) is 47.8 Å². The van der Waals surface area contributed by atoms with Crippen LogP contribution in [0.15, 0.2) is 66.7 Å². The molecular weight excluding hydrogens is 491 g/mol. The summed E-state index contributed by atoms with van der Waals surface area (Å²) in [6.45, 7) is 1.83. The van der Waals surface area contributed by atoms with Gasteiger partial charge in [-0.05, 0) is 60.6 Å². The van der Waals surface area contributed by atoms with Gasteiger partial charge in [-0.3, -0.25) is 4.79 Å². The molecule has 2 heterocycles. The zero-order chi connectivity index (χ0) is 26.4. The number of carbonyl (C=O) groups excluding carboxylic acids is 1. The highest BCUT2D eigenvalue weighted by Gasteiger charge is 2.38. The smallest absolute Gasteiger partial charge is 0.418 e. The summed E-state index contributed by atoms with van der Waals surface area (Å²) >= 11 is 0. The minimum absolute atomic E-state index is 0.0434. The molecule has 1 saturated carbocycles. The Morgan fingerprint density at radius 2 is 1.61 bits per heavy atom. The van der Waals surface area contributed by atoms with Crippen LogP contribution < -0.4 is 4.74 Å². The van der Waals surface area contributed by atoms with E-state index in [1.54, 1.807) is 13.2 Å². The number of hydrogen-bond donors (Lipinski definition) is 0. The molecule has 5 nitrogen and oxygen atoms in total. The lowest BCUT2D eigenvalue weighted by Crippen LogP contribution is -2.30. The Morgan fingerprint density at radius 1 is 0.947 bits per heavy atom. The van der Waals surface area contributed by atoms with Gasteiger partial charge in [0, 0.05) is 31.1 Å². The van der Waals surface area contributed by atoms with E-state index in [9.17, 15) is 18.0 Å². The van der Waals surface area contributed by atoms with E-state index >= 15 is 0 Å². The van der Waals surface area contributed by atoms with Gasteiger partial charge in [-0.2, -0.15) is 13.2 Å². The third-order valence-corrected chi connectivity index (χ3v) is 7.62. The number of carbonyl (C=O) groups is 1. The van der Waals surface area contributed by atoms with Crippen LogP contribution in [0.4, 0.5) is 13.2 Å². The Labute approximate surface area is 218 Å². The van der Waals surface area contributed by atoms with Crippen molar-refractivity contribution >= 4 is 16.9 Å². The molecule has 1 atom stereocenters. The Hall–Kier alpha value is -3.81. The molecule has 196 valence electrons. The quantitative estimate of drug-likeness (QED) is 0.286.